The molecular formula is C26H20F3N5O2. The molecule has 5 rings (SSSR count). The van der Waals surface area contributed by atoms with Crippen molar-refractivity contribution in [2.24, 2.45) is 0 Å². The van der Waals surface area contributed by atoms with E-state index >= 15 is 0 Å². The van der Waals surface area contributed by atoms with Crippen LogP contribution in [0.2, 0.25) is 0 Å². The molecule has 1 aliphatic carbocycles. The van der Waals surface area contributed by atoms with Crippen molar-refractivity contribution in [3.63, 3.8) is 0 Å². The molecule has 0 saturated heterocycles. The SMILES string of the molecule is Nc1nc(-c2ccc(F)cc2)c(-c2ccc(=O)n(C3CC3)c2)nc1C(=O)NCc1c(F)cccc1F. The number of pyridine rings is 1. The largest absolute Gasteiger partial charge is 0.382 e. The number of hydrogen-bond acceptors (Lipinski definition) is 5. The summed E-state index contributed by atoms with van der Waals surface area (Å²) in [5.41, 5.74) is 6.86. The van der Waals surface area contributed by atoms with E-state index < -0.39 is 29.9 Å². The lowest BCUT2D eigenvalue weighted by Gasteiger charge is -2.14. The van der Waals surface area contributed by atoms with Gasteiger partial charge >= 0.3 is 0 Å². The second kappa shape index (κ2) is 9.29. The van der Waals surface area contributed by atoms with Crippen molar-refractivity contribution in [1.29, 1.82) is 0 Å². The average Bonchev–Trinajstić information content (AvgIpc) is 3.70. The minimum absolute atomic E-state index is 0.0897. The molecule has 182 valence electrons. The Bertz CT molecular complexity index is 1510. The summed E-state index contributed by atoms with van der Waals surface area (Å²) >= 11 is 0. The van der Waals surface area contributed by atoms with Gasteiger partial charge in [0.05, 0.1) is 11.4 Å². The number of rotatable bonds is 6. The van der Waals surface area contributed by atoms with Crippen LogP contribution in [-0.2, 0) is 6.54 Å². The number of aromatic nitrogens is 3. The van der Waals surface area contributed by atoms with E-state index in [2.05, 4.69) is 15.3 Å². The maximum absolute atomic E-state index is 14.0. The summed E-state index contributed by atoms with van der Waals surface area (Å²) in [6.07, 6.45) is 3.40. The molecule has 1 amide bonds. The highest BCUT2D eigenvalue weighted by atomic mass is 19.1. The molecule has 10 heteroatoms. The Morgan fingerprint density at radius 3 is 2.25 bits per heavy atom. The number of benzene rings is 2. The van der Waals surface area contributed by atoms with Crippen molar-refractivity contribution in [2.75, 3.05) is 5.73 Å². The van der Waals surface area contributed by atoms with Crippen LogP contribution in [0.15, 0.2) is 65.6 Å². The van der Waals surface area contributed by atoms with E-state index in [9.17, 15) is 22.8 Å². The van der Waals surface area contributed by atoms with E-state index in [1.165, 1.54) is 36.4 Å². The fraction of sp³-hybridized carbons (Fsp3) is 0.154. The first-order valence-corrected chi connectivity index (χ1v) is 11.2. The molecule has 2 aromatic carbocycles. The molecule has 4 aromatic rings. The summed E-state index contributed by atoms with van der Waals surface area (Å²) in [6.45, 7) is -0.430. The molecule has 3 N–H and O–H groups in total. The van der Waals surface area contributed by atoms with Crippen LogP contribution in [0, 0.1) is 17.5 Å². The van der Waals surface area contributed by atoms with Gasteiger partial charge in [0.1, 0.15) is 17.5 Å². The molecule has 0 radical (unpaired) electrons. The highest BCUT2D eigenvalue weighted by Crippen LogP contribution is 2.36. The second-order valence-corrected chi connectivity index (χ2v) is 8.44. The van der Waals surface area contributed by atoms with Gasteiger partial charge in [0.15, 0.2) is 11.5 Å². The third kappa shape index (κ3) is 4.57. The van der Waals surface area contributed by atoms with Gasteiger partial charge in [-0.3, -0.25) is 9.59 Å². The monoisotopic (exact) mass is 491 g/mol. The lowest BCUT2D eigenvalue weighted by atomic mass is 10.0. The second-order valence-electron chi connectivity index (χ2n) is 8.44. The molecule has 36 heavy (non-hydrogen) atoms. The fourth-order valence-electron chi connectivity index (χ4n) is 3.86. The Balaban J connectivity index is 1.57. The maximum atomic E-state index is 14.0. The van der Waals surface area contributed by atoms with E-state index in [1.54, 1.807) is 16.8 Å². The zero-order valence-corrected chi connectivity index (χ0v) is 18.8. The molecule has 2 aromatic heterocycles. The molecule has 0 spiro atoms. The predicted molar refractivity (Wildman–Crippen MR) is 127 cm³/mol. The molecule has 0 aliphatic heterocycles. The van der Waals surface area contributed by atoms with Crippen molar-refractivity contribution in [3.05, 3.63) is 99.9 Å². The summed E-state index contributed by atoms with van der Waals surface area (Å²) in [6, 6.07) is 12.0. The van der Waals surface area contributed by atoms with Gasteiger partial charge in [-0.2, -0.15) is 0 Å². The number of amides is 1. The molecular weight excluding hydrogens is 471 g/mol. The summed E-state index contributed by atoms with van der Waals surface area (Å²) < 4.78 is 43.1. The summed E-state index contributed by atoms with van der Waals surface area (Å²) in [4.78, 5) is 34.1. The topological polar surface area (TPSA) is 103 Å². The maximum Gasteiger partial charge on any atom is 0.274 e. The molecule has 2 heterocycles. The quantitative estimate of drug-likeness (QED) is 0.420. The Morgan fingerprint density at radius 2 is 1.58 bits per heavy atom. The van der Waals surface area contributed by atoms with Crippen molar-refractivity contribution in [2.45, 2.75) is 25.4 Å². The fourth-order valence-corrected chi connectivity index (χ4v) is 3.86. The van der Waals surface area contributed by atoms with Crippen LogP contribution in [-0.4, -0.2) is 20.4 Å². The normalized spacial score (nSPS) is 13.0. The molecule has 0 unspecified atom stereocenters. The first kappa shape index (κ1) is 23.3. The lowest BCUT2D eigenvalue weighted by molar-refractivity contribution is 0.0946. The highest BCUT2D eigenvalue weighted by molar-refractivity contribution is 5.98. The summed E-state index contributed by atoms with van der Waals surface area (Å²) in [7, 11) is 0. The van der Waals surface area contributed by atoms with E-state index in [-0.39, 0.29) is 40.1 Å². The minimum Gasteiger partial charge on any atom is -0.382 e. The zero-order chi connectivity index (χ0) is 25.4. The molecule has 0 bridgehead atoms. The van der Waals surface area contributed by atoms with Gasteiger partial charge in [0, 0.05) is 41.5 Å². The van der Waals surface area contributed by atoms with E-state index in [4.69, 9.17) is 5.73 Å². The Morgan fingerprint density at radius 1 is 0.944 bits per heavy atom. The number of hydrogen-bond donors (Lipinski definition) is 2. The third-order valence-corrected chi connectivity index (χ3v) is 5.89. The van der Waals surface area contributed by atoms with Gasteiger partial charge in [-0.1, -0.05) is 6.07 Å². The van der Waals surface area contributed by atoms with Crippen LogP contribution in [0.25, 0.3) is 22.5 Å². The number of nitrogens with zero attached hydrogens (tertiary/aromatic N) is 3. The van der Waals surface area contributed by atoms with E-state index in [1.807, 2.05) is 0 Å². The summed E-state index contributed by atoms with van der Waals surface area (Å²) in [5.74, 6) is -3.06. The summed E-state index contributed by atoms with van der Waals surface area (Å²) in [5, 5.41) is 2.43. The number of halogens is 3. The Hall–Kier alpha value is -4.47. The zero-order valence-electron chi connectivity index (χ0n) is 18.8. The van der Waals surface area contributed by atoms with E-state index in [0.717, 1.165) is 25.0 Å². The van der Waals surface area contributed by atoms with Crippen LogP contribution in [0.3, 0.4) is 0 Å². The number of anilines is 1. The van der Waals surface area contributed by atoms with Crippen molar-refractivity contribution in [1.82, 2.24) is 19.9 Å². The third-order valence-electron chi connectivity index (χ3n) is 5.89. The van der Waals surface area contributed by atoms with Gasteiger partial charge in [0.2, 0.25) is 0 Å². The van der Waals surface area contributed by atoms with Crippen LogP contribution < -0.4 is 16.6 Å². The minimum atomic E-state index is -0.802. The van der Waals surface area contributed by atoms with E-state index in [0.29, 0.717) is 11.1 Å². The van der Waals surface area contributed by atoms with Crippen LogP contribution in [0.1, 0.15) is 34.9 Å². The first-order valence-electron chi connectivity index (χ1n) is 11.2. The average molecular weight is 491 g/mol. The molecule has 0 atom stereocenters. The standard InChI is InChI=1S/C26H20F3N5O2/c27-16-7-4-14(5-8-16)22-23(15-6-11-21(35)34(13-15)17-9-10-17)32-24(25(30)33-22)26(36)31-12-18-19(28)2-1-3-20(18)29/h1-8,11,13,17H,9-10,12H2,(H2,30,33)(H,31,36). The van der Waals surface area contributed by atoms with Gasteiger partial charge in [0.25, 0.3) is 11.5 Å². The van der Waals surface area contributed by atoms with Gasteiger partial charge in [-0.25, -0.2) is 23.1 Å². The van der Waals surface area contributed by atoms with Gasteiger partial charge in [-0.15, -0.1) is 0 Å². The Kier molecular flexibility index (Phi) is 6.01. The molecule has 1 saturated carbocycles. The predicted octanol–water partition coefficient (Wildman–Crippen LogP) is 4.24. The smallest absolute Gasteiger partial charge is 0.274 e. The Labute approximate surface area is 203 Å². The van der Waals surface area contributed by atoms with Crippen LogP contribution >= 0.6 is 0 Å². The molecule has 7 nitrogen and oxygen atoms in total. The van der Waals surface area contributed by atoms with Crippen molar-refractivity contribution in [3.8, 4) is 22.5 Å². The number of nitrogen functional groups attached to an aromatic ring is 1. The lowest BCUT2D eigenvalue weighted by Crippen LogP contribution is -2.27. The van der Waals surface area contributed by atoms with Crippen molar-refractivity contribution < 1.29 is 18.0 Å². The number of nitrogens with one attached hydrogen (secondary N) is 1. The van der Waals surface area contributed by atoms with Crippen LogP contribution in [0.5, 0.6) is 0 Å². The van der Waals surface area contributed by atoms with Crippen LogP contribution in [0.4, 0.5) is 19.0 Å². The number of carbonyl (C=O) groups excluding carboxylic acids is 1. The molecule has 1 fully saturated rings. The number of nitrogens with two attached hydrogens (primary N) is 1. The first-order chi connectivity index (χ1) is 17.3. The highest BCUT2D eigenvalue weighted by Gasteiger charge is 2.26. The van der Waals surface area contributed by atoms with Crippen molar-refractivity contribution >= 4 is 11.7 Å². The van der Waals surface area contributed by atoms with Gasteiger partial charge < -0.3 is 15.6 Å². The van der Waals surface area contributed by atoms with Gasteiger partial charge in [-0.05, 0) is 55.3 Å². The molecule has 1 aliphatic rings. The number of carbonyl (C=O) groups is 1.